The second kappa shape index (κ2) is 11.3. The highest BCUT2D eigenvalue weighted by Gasteiger charge is 2.15. The van der Waals surface area contributed by atoms with Gasteiger partial charge in [0.2, 0.25) is 0 Å². The van der Waals surface area contributed by atoms with Gasteiger partial charge < -0.3 is 9.47 Å². The number of carbonyl (C=O) groups excluding carboxylic acids is 2. The molecule has 2 aromatic rings. The first-order chi connectivity index (χ1) is 13.5. The summed E-state index contributed by atoms with van der Waals surface area (Å²) in [7, 11) is 0. The van der Waals surface area contributed by atoms with Crippen LogP contribution in [0.2, 0.25) is 0 Å². The second-order valence-electron chi connectivity index (χ2n) is 7.04. The molecule has 0 spiro atoms. The predicted octanol–water partition coefficient (Wildman–Crippen LogP) is 5.37. The maximum absolute atomic E-state index is 11.6. The smallest absolute Gasteiger partial charge is 0.317 e. The number of carbonyl (C=O) groups is 2. The molecule has 0 bridgehead atoms. The fourth-order valence-electron chi connectivity index (χ4n) is 3.31. The molecule has 4 nitrogen and oxygen atoms in total. The summed E-state index contributed by atoms with van der Waals surface area (Å²) in [5.41, 5.74) is 3.57. The molecule has 0 radical (unpaired) electrons. The number of rotatable bonds is 10. The Balaban J connectivity index is 1.87. The van der Waals surface area contributed by atoms with Crippen LogP contribution in [0, 0.1) is 0 Å². The summed E-state index contributed by atoms with van der Waals surface area (Å²) < 4.78 is 9.89. The molecule has 28 heavy (non-hydrogen) atoms. The number of benzene rings is 2. The van der Waals surface area contributed by atoms with E-state index in [1.54, 1.807) is 6.92 Å². The van der Waals surface area contributed by atoms with E-state index in [0.717, 1.165) is 18.4 Å². The van der Waals surface area contributed by atoms with Crippen molar-refractivity contribution in [3.63, 3.8) is 0 Å². The molecule has 2 rings (SSSR count). The van der Waals surface area contributed by atoms with Crippen molar-refractivity contribution in [3.05, 3.63) is 71.3 Å². The lowest BCUT2D eigenvalue weighted by molar-refractivity contribution is -0.155. The summed E-state index contributed by atoms with van der Waals surface area (Å²) in [6.45, 7) is 6.61. The van der Waals surface area contributed by atoms with E-state index < -0.39 is 11.9 Å². The maximum atomic E-state index is 11.6. The van der Waals surface area contributed by atoms with E-state index in [9.17, 15) is 9.59 Å². The van der Waals surface area contributed by atoms with Crippen molar-refractivity contribution in [2.75, 3.05) is 6.61 Å². The first-order valence-electron chi connectivity index (χ1n) is 9.98. The van der Waals surface area contributed by atoms with Crippen molar-refractivity contribution in [2.24, 2.45) is 0 Å². The largest absolute Gasteiger partial charge is 0.466 e. The Morgan fingerprint density at radius 2 is 1.50 bits per heavy atom. The van der Waals surface area contributed by atoms with Gasteiger partial charge >= 0.3 is 11.9 Å². The van der Waals surface area contributed by atoms with Gasteiger partial charge in [0.15, 0.2) is 0 Å². The van der Waals surface area contributed by atoms with Crippen molar-refractivity contribution in [1.82, 2.24) is 0 Å². The van der Waals surface area contributed by atoms with E-state index in [2.05, 4.69) is 56.3 Å². The van der Waals surface area contributed by atoms with Crippen LogP contribution in [0.25, 0.3) is 0 Å². The molecule has 0 heterocycles. The molecule has 2 aromatic carbocycles. The summed E-state index contributed by atoms with van der Waals surface area (Å²) in [6, 6.07) is 18.8. The van der Waals surface area contributed by atoms with Crippen LogP contribution in [0.3, 0.4) is 0 Å². The molecule has 0 aromatic heterocycles. The van der Waals surface area contributed by atoms with Crippen molar-refractivity contribution in [3.8, 4) is 0 Å². The van der Waals surface area contributed by atoms with Crippen LogP contribution in [0.4, 0.5) is 0 Å². The number of ether oxygens (including phenoxy) is 2. The van der Waals surface area contributed by atoms with Crippen molar-refractivity contribution >= 4 is 11.9 Å². The Labute approximate surface area is 167 Å². The zero-order valence-electron chi connectivity index (χ0n) is 17.0. The van der Waals surface area contributed by atoms with Crippen LogP contribution in [0.15, 0.2) is 54.6 Å². The zero-order valence-corrected chi connectivity index (χ0v) is 17.0. The molecule has 0 aliphatic heterocycles. The SMILES string of the molecule is CCOC(=O)CC(=O)OCc1ccc(C(C)CC(CC)c2ccccc2)cc1. The molecule has 4 heteroatoms. The van der Waals surface area contributed by atoms with Gasteiger partial charge in [-0.1, -0.05) is 68.4 Å². The van der Waals surface area contributed by atoms with E-state index in [-0.39, 0.29) is 19.6 Å². The number of hydrogen-bond acceptors (Lipinski definition) is 4. The summed E-state index contributed by atoms with van der Waals surface area (Å²) in [6.07, 6.45) is 1.86. The molecule has 0 saturated heterocycles. The third-order valence-corrected chi connectivity index (χ3v) is 4.94. The van der Waals surface area contributed by atoms with Gasteiger partial charge in [-0.2, -0.15) is 0 Å². The molecule has 0 aliphatic rings. The Morgan fingerprint density at radius 3 is 2.11 bits per heavy atom. The fourth-order valence-corrected chi connectivity index (χ4v) is 3.31. The van der Waals surface area contributed by atoms with Crippen LogP contribution < -0.4 is 0 Å². The molecule has 150 valence electrons. The highest BCUT2D eigenvalue weighted by atomic mass is 16.6. The highest BCUT2D eigenvalue weighted by Crippen LogP contribution is 2.31. The van der Waals surface area contributed by atoms with Gasteiger partial charge in [0, 0.05) is 0 Å². The summed E-state index contributed by atoms with van der Waals surface area (Å²) >= 11 is 0. The summed E-state index contributed by atoms with van der Waals surface area (Å²) in [5.74, 6) is -0.143. The lowest BCUT2D eigenvalue weighted by Crippen LogP contribution is -2.13. The Hall–Kier alpha value is -2.62. The average molecular weight is 383 g/mol. The maximum Gasteiger partial charge on any atom is 0.317 e. The topological polar surface area (TPSA) is 52.6 Å². The van der Waals surface area contributed by atoms with Gasteiger partial charge in [-0.3, -0.25) is 9.59 Å². The summed E-state index contributed by atoms with van der Waals surface area (Å²) in [4.78, 5) is 22.9. The first-order valence-corrected chi connectivity index (χ1v) is 9.98. The first kappa shape index (κ1) is 21.7. The average Bonchev–Trinajstić information content (AvgIpc) is 2.71. The minimum Gasteiger partial charge on any atom is -0.466 e. The van der Waals surface area contributed by atoms with Crippen molar-refractivity contribution < 1.29 is 19.1 Å². The van der Waals surface area contributed by atoms with Gasteiger partial charge in [-0.05, 0) is 48.3 Å². The van der Waals surface area contributed by atoms with Gasteiger partial charge in [0.05, 0.1) is 6.61 Å². The van der Waals surface area contributed by atoms with Crippen LogP contribution in [0.5, 0.6) is 0 Å². The van der Waals surface area contributed by atoms with Gasteiger partial charge in [-0.15, -0.1) is 0 Å². The minimum atomic E-state index is -0.565. The van der Waals surface area contributed by atoms with E-state index >= 15 is 0 Å². The van der Waals surface area contributed by atoms with Gasteiger partial charge in [0.25, 0.3) is 0 Å². The third kappa shape index (κ3) is 6.84. The molecule has 0 aliphatic carbocycles. The lowest BCUT2D eigenvalue weighted by atomic mass is 9.84. The van der Waals surface area contributed by atoms with E-state index in [4.69, 9.17) is 9.47 Å². The van der Waals surface area contributed by atoms with Gasteiger partial charge in [0.1, 0.15) is 13.0 Å². The Bertz CT molecular complexity index is 737. The molecule has 0 fully saturated rings. The Kier molecular flexibility index (Phi) is 8.73. The molecule has 2 atom stereocenters. The van der Waals surface area contributed by atoms with E-state index in [1.807, 2.05) is 12.1 Å². The van der Waals surface area contributed by atoms with E-state index in [0.29, 0.717) is 11.8 Å². The molecular weight excluding hydrogens is 352 g/mol. The van der Waals surface area contributed by atoms with Crippen LogP contribution in [-0.2, 0) is 25.7 Å². The third-order valence-electron chi connectivity index (χ3n) is 4.94. The molecule has 0 N–H and O–H groups in total. The number of hydrogen-bond donors (Lipinski definition) is 0. The van der Waals surface area contributed by atoms with Crippen molar-refractivity contribution in [1.29, 1.82) is 0 Å². The monoisotopic (exact) mass is 382 g/mol. The predicted molar refractivity (Wildman–Crippen MR) is 110 cm³/mol. The van der Waals surface area contributed by atoms with Crippen LogP contribution >= 0.6 is 0 Å². The quantitative estimate of drug-likeness (QED) is 0.409. The molecular formula is C24H30O4. The second-order valence-corrected chi connectivity index (χ2v) is 7.04. The number of esters is 2. The summed E-state index contributed by atoms with van der Waals surface area (Å²) in [5, 5.41) is 0. The van der Waals surface area contributed by atoms with Crippen LogP contribution in [-0.4, -0.2) is 18.5 Å². The van der Waals surface area contributed by atoms with E-state index in [1.165, 1.54) is 11.1 Å². The lowest BCUT2D eigenvalue weighted by Gasteiger charge is -2.21. The zero-order chi connectivity index (χ0) is 20.4. The molecule has 0 amide bonds. The van der Waals surface area contributed by atoms with Gasteiger partial charge in [-0.25, -0.2) is 0 Å². The highest BCUT2D eigenvalue weighted by molar-refractivity contribution is 5.91. The standard InChI is InChI=1S/C24H30O4/c1-4-20(22-9-7-6-8-10-22)15-18(3)21-13-11-19(12-14-21)17-28-24(26)16-23(25)27-5-2/h6-14,18,20H,4-5,15-17H2,1-3H3. The minimum absolute atomic E-state index is 0.161. The van der Waals surface area contributed by atoms with Crippen molar-refractivity contribution in [2.45, 2.75) is 58.5 Å². The van der Waals surface area contributed by atoms with Crippen LogP contribution in [0.1, 0.15) is 68.6 Å². The normalized spacial score (nSPS) is 12.8. The molecule has 0 saturated carbocycles. The molecule has 2 unspecified atom stereocenters. The Morgan fingerprint density at radius 1 is 0.857 bits per heavy atom. The fraction of sp³-hybridized carbons (Fsp3) is 0.417.